The topological polar surface area (TPSA) is 77.7 Å². The third-order valence-electron chi connectivity index (χ3n) is 6.59. The molecular formula is C29H30N4O4. The number of hydrogen-bond acceptors (Lipinski definition) is 5. The number of carbonyl (C=O) groups excluding carboxylic acids is 1. The van der Waals surface area contributed by atoms with Crippen LogP contribution in [0.1, 0.15) is 16.1 Å². The number of ether oxygens (including phenoxy) is 2. The molecule has 8 nitrogen and oxygen atoms in total. The van der Waals surface area contributed by atoms with E-state index in [2.05, 4.69) is 5.32 Å². The zero-order valence-corrected chi connectivity index (χ0v) is 21.0. The van der Waals surface area contributed by atoms with Gasteiger partial charge in [-0.2, -0.15) is 0 Å². The van der Waals surface area contributed by atoms with Crippen LogP contribution < -0.4 is 20.5 Å². The second-order valence-electron chi connectivity index (χ2n) is 8.83. The van der Waals surface area contributed by atoms with E-state index in [-0.39, 0.29) is 18.1 Å². The summed E-state index contributed by atoms with van der Waals surface area (Å²) in [6, 6.07) is 24.5. The number of carbonyl (C=O) groups is 1. The van der Waals surface area contributed by atoms with E-state index in [4.69, 9.17) is 9.47 Å². The van der Waals surface area contributed by atoms with Crippen LogP contribution in [0.5, 0.6) is 11.5 Å². The molecule has 0 aliphatic carbocycles. The van der Waals surface area contributed by atoms with Gasteiger partial charge < -0.3 is 19.7 Å². The fraction of sp³-hybridized carbons (Fsp3) is 0.241. The van der Waals surface area contributed by atoms with Gasteiger partial charge in [0.05, 0.1) is 32.1 Å². The Balaban J connectivity index is 1.80. The quantitative estimate of drug-likeness (QED) is 0.423. The molecule has 1 aromatic heterocycles. The monoisotopic (exact) mass is 498 g/mol. The maximum Gasteiger partial charge on any atom is 0.334 e. The van der Waals surface area contributed by atoms with Gasteiger partial charge >= 0.3 is 5.69 Å². The van der Waals surface area contributed by atoms with Crippen molar-refractivity contribution in [1.82, 2.24) is 19.4 Å². The van der Waals surface area contributed by atoms with Gasteiger partial charge in [-0.05, 0) is 29.8 Å². The largest absolute Gasteiger partial charge is 0.497 e. The lowest BCUT2D eigenvalue weighted by Crippen LogP contribution is -2.47. The number of imidazole rings is 1. The van der Waals surface area contributed by atoms with Gasteiger partial charge in [0.2, 0.25) is 0 Å². The SMILES string of the molecule is COc1cccc(Cn2c(C(=O)N3CCNCC3)c(-c3ccccc3)n(-c3ccccc3OC)c2=O)c1. The molecule has 0 unspecified atom stereocenters. The summed E-state index contributed by atoms with van der Waals surface area (Å²) in [5.41, 5.74) is 2.78. The second-order valence-corrected chi connectivity index (χ2v) is 8.83. The lowest BCUT2D eigenvalue weighted by Gasteiger charge is -2.28. The highest BCUT2D eigenvalue weighted by Gasteiger charge is 2.31. The molecule has 190 valence electrons. The highest BCUT2D eigenvalue weighted by Crippen LogP contribution is 2.31. The van der Waals surface area contributed by atoms with Crippen LogP contribution in [0.25, 0.3) is 16.9 Å². The second kappa shape index (κ2) is 10.8. The van der Waals surface area contributed by atoms with Gasteiger partial charge in [0.25, 0.3) is 5.91 Å². The third kappa shape index (κ3) is 4.75. The van der Waals surface area contributed by atoms with E-state index in [1.54, 1.807) is 23.4 Å². The van der Waals surface area contributed by atoms with Gasteiger partial charge in [0.1, 0.15) is 17.2 Å². The number of piperazine rings is 1. The average Bonchev–Trinajstić information content (AvgIpc) is 3.24. The average molecular weight is 499 g/mol. The van der Waals surface area contributed by atoms with Crippen LogP contribution in [0.15, 0.2) is 83.7 Å². The van der Waals surface area contributed by atoms with Crippen LogP contribution in [0.2, 0.25) is 0 Å². The summed E-state index contributed by atoms with van der Waals surface area (Å²) in [5, 5.41) is 3.29. The van der Waals surface area contributed by atoms with Crippen LogP contribution in [0, 0.1) is 0 Å². The van der Waals surface area contributed by atoms with Crippen LogP contribution in [-0.4, -0.2) is 60.3 Å². The standard InChI is InChI=1S/C29H30N4O4/c1-36-23-12-8-9-21(19-23)20-32-27(28(34)31-17-15-30-16-18-31)26(22-10-4-3-5-11-22)33(29(32)35)24-13-6-7-14-25(24)37-2/h3-14,19,30H,15-18,20H2,1-2H3. The summed E-state index contributed by atoms with van der Waals surface area (Å²) in [5.74, 6) is 1.06. The van der Waals surface area contributed by atoms with Crippen molar-refractivity contribution >= 4 is 5.91 Å². The summed E-state index contributed by atoms with van der Waals surface area (Å²) in [6.07, 6.45) is 0. The van der Waals surface area contributed by atoms with E-state index >= 15 is 0 Å². The van der Waals surface area contributed by atoms with Crippen molar-refractivity contribution in [3.05, 3.63) is 101 Å². The first-order chi connectivity index (χ1) is 18.1. The molecule has 1 amide bonds. The Kier molecular flexibility index (Phi) is 7.09. The van der Waals surface area contributed by atoms with Crippen molar-refractivity contribution in [2.45, 2.75) is 6.54 Å². The van der Waals surface area contributed by atoms with Gasteiger partial charge in [-0.3, -0.25) is 13.9 Å². The van der Waals surface area contributed by atoms with E-state index in [9.17, 15) is 9.59 Å². The highest BCUT2D eigenvalue weighted by atomic mass is 16.5. The summed E-state index contributed by atoms with van der Waals surface area (Å²) < 4.78 is 14.2. The zero-order valence-electron chi connectivity index (χ0n) is 21.0. The van der Waals surface area contributed by atoms with Crippen molar-refractivity contribution in [2.75, 3.05) is 40.4 Å². The van der Waals surface area contributed by atoms with Crippen LogP contribution in [-0.2, 0) is 6.54 Å². The van der Waals surface area contributed by atoms with Crippen molar-refractivity contribution in [3.8, 4) is 28.4 Å². The molecule has 37 heavy (non-hydrogen) atoms. The van der Waals surface area contributed by atoms with E-state index in [0.29, 0.717) is 54.8 Å². The minimum Gasteiger partial charge on any atom is -0.497 e. The van der Waals surface area contributed by atoms with Gasteiger partial charge in [0.15, 0.2) is 0 Å². The maximum absolute atomic E-state index is 14.3. The number of aromatic nitrogens is 2. The molecule has 1 N–H and O–H groups in total. The van der Waals surface area contributed by atoms with Gasteiger partial charge in [-0.1, -0.05) is 54.6 Å². The van der Waals surface area contributed by atoms with Gasteiger partial charge in [-0.15, -0.1) is 0 Å². The number of benzene rings is 3. The lowest BCUT2D eigenvalue weighted by molar-refractivity contribution is 0.0726. The number of rotatable bonds is 7. The van der Waals surface area contributed by atoms with E-state index in [1.807, 2.05) is 83.8 Å². The first kappa shape index (κ1) is 24.4. The van der Waals surface area contributed by atoms with Crippen molar-refractivity contribution < 1.29 is 14.3 Å². The number of para-hydroxylation sites is 2. The Hall–Kier alpha value is -4.30. The molecular weight excluding hydrogens is 468 g/mol. The summed E-state index contributed by atoms with van der Waals surface area (Å²) in [4.78, 5) is 30.2. The van der Waals surface area contributed by atoms with Crippen LogP contribution >= 0.6 is 0 Å². The zero-order chi connectivity index (χ0) is 25.8. The molecule has 0 saturated carbocycles. The summed E-state index contributed by atoms with van der Waals surface area (Å²) in [6.45, 7) is 2.77. The smallest absolute Gasteiger partial charge is 0.334 e. The predicted molar refractivity (Wildman–Crippen MR) is 143 cm³/mol. The van der Waals surface area contributed by atoms with E-state index < -0.39 is 0 Å². The van der Waals surface area contributed by atoms with Gasteiger partial charge in [-0.25, -0.2) is 4.79 Å². The molecule has 4 aromatic rings. The Labute approximate surface area is 215 Å². The highest BCUT2D eigenvalue weighted by molar-refractivity contribution is 5.99. The number of methoxy groups -OCH3 is 2. The third-order valence-corrected chi connectivity index (χ3v) is 6.59. The molecule has 5 rings (SSSR count). The fourth-order valence-electron chi connectivity index (χ4n) is 4.78. The molecule has 1 aliphatic rings. The predicted octanol–water partition coefficient (Wildman–Crippen LogP) is 3.42. The first-order valence-electron chi connectivity index (χ1n) is 12.3. The fourth-order valence-corrected chi connectivity index (χ4v) is 4.78. The molecule has 1 aliphatic heterocycles. The van der Waals surface area contributed by atoms with Crippen LogP contribution in [0.4, 0.5) is 0 Å². The minimum absolute atomic E-state index is 0.172. The number of nitrogens with one attached hydrogen (secondary N) is 1. The lowest BCUT2D eigenvalue weighted by atomic mass is 10.1. The molecule has 8 heteroatoms. The van der Waals surface area contributed by atoms with E-state index in [0.717, 1.165) is 11.1 Å². The molecule has 2 heterocycles. The molecule has 0 spiro atoms. The van der Waals surface area contributed by atoms with Crippen molar-refractivity contribution in [3.63, 3.8) is 0 Å². The maximum atomic E-state index is 14.3. The van der Waals surface area contributed by atoms with E-state index in [1.165, 1.54) is 0 Å². The van der Waals surface area contributed by atoms with Crippen LogP contribution in [0.3, 0.4) is 0 Å². The Bertz CT molecular complexity index is 1450. The van der Waals surface area contributed by atoms with Gasteiger partial charge in [0, 0.05) is 31.7 Å². The molecule has 0 bridgehead atoms. The van der Waals surface area contributed by atoms with Crippen molar-refractivity contribution in [1.29, 1.82) is 0 Å². The molecule has 1 saturated heterocycles. The first-order valence-corrected chi connectivity index (χ1v) is 12.3. The number of amides is 1. The van der Waals surface area contributed by atoms with Crippen molar-refractivity contribution in [2.24, 2.45) is 0 Å². The molecule has 0 radical (unpaired) electrons. The molecule has 1 fully saturated rings. The molecule has 3 aromatic carbocycles. The Morgan fingerprint density at radius 3 is 2.35 bits per heavy atom. The Morgan fingerprint density at radius 2 is 1.62 bits per heavy atom. The summed E-state index contributed by atoms with van der Waals surface area (Å²) >= 11 is 0. The summed E-state index contributed by atoms with van der Waals surface area (Å²) in [7, 11) is 3.18. The number of nitrogens with zero attached hydrogens (tertiary/aromatic N) is 3. The minimum atomic E-state index is -0.315. The Morgan fingerprint density at radius 1 is 0.892 bits per heavy atom. The normalized spacial score (nSPS) is 13.4. The molecule has 0 atom stereocenters. The number of hydrogen-bond donors (Lipinski definition) is 1.